The molecule has 2 rings (SSSR count). The summed E-state index contributed by atoms with van der Waals surface area (Å²) in [5.41, 5.74) is 1.61. The first-order chi connectivity index (χ1) is 10.0. The molecule has 114 valence electrons. The maximum absolute atomic E-state index is 12.3. The van der Waals surface area contributed by atoms with Crippen molar-refractivity contribution in [1.29, 1.82) is 0 Å². The minimum atomic E-state index is -3.67. The molecule has 21 heavy (non-hydrogen) atoms. The van der Waals surface area contributed by atoms with Gasteiger partial charge in [-0.15, -0.1) is 0 Å². The van der Waals surface area contributed by atoms with Crippen molar-refractivity contribution in [1.82, 2.24) is 10.0 Å². The van der Waals surface area contributed by atoms with Gasteiger partial charge in [0.25, 0.3) is 0 Å². The molecule has 2 aromatic rings. The first-order valence-corrected chi connectivity index (χ1v) is 8.39. The summed E-state index contributed by atoms with van der Waals surface area (Å²) in [4.78, 5) is 0.0862. The summed E-state index contributed by atoms with van der Waals surface area (Å²) in [7, 11) is -3.67. The summed E-state index contributed by atoms with van der Waals surface area (Å²) in [6.07, 6.45) is 2.99. The summed E-state index contributed by atoms with van der Waals surface area (Å²) >= 11 is 6.02. The van der Waals surface area contributed by atoms with Gasteiger partial charge in [0.15, 0.2) is 0 Å². The van der Waals surface area contributed by atoms with E-state index in [1.54, 1.807) is 24.3 Å². The largest absolute Gasteiger partial charge is 0.472 e. The van der Waals surface area contributed by atoms with Crippen LogP contribution in [0.5, 0.6) is 0 Å². The van der Waals surface area contributed by atoms with E-state index >= 15 is 0 Å². The average Bonchev–Trinajstić information content (AvgIpc) is 2.97. The molecule has 0 radical (unpaired) electrons. The number of furan rings is 1. The van der Waals surface area contributed by atoms with Crippen LogP contribution in [-0.2, 0) is 23.1 Å². The molecule has 7 heteroatoms. The zero-order chi connectivity index (χ0) is 15.3. The molecule has 1 aromatic heterocycles. The second-order valence-corrected chi connectivity index (χ2v) is 6.64. The van der Waals surface area contributed by atoms with Crippen LogP contribution in [0.4, 0.5) is 0 Å². The van der Waals surface area contributed by atoms with Gasteiger partial charge in [-0.3, -0.25) is 0 Å². The molecular weight excluding hydrogens is 312 g/mol. The van der Waals surface area contributed by atoms with E-state index in [1.807, 2.05) is 6.92 Å². The van der Waals surface area contributed by atoms with Gasteiger partial charge < -0.3 is 9.73 Å². The Kier molecular flexibility index (Phi) is 5.41. The Morgan fingerprint density at radius 3 is 2.67 bits per heavy atom. The van der Waals surface area contributed by atoms with Crippen molar-refractivity contribution in [2.75, 3.05) is 6.54 Å². The standard InChI is InChI=1S/C14H17ClN2O3S/c1-2-16-8-11-3-4-13(15)14(7-11)21(18,19)17-9-12-5-6-20-10-12/h3-7,10,16-17H,2,8-9H2,1H3. The lowest BCUT2D eigenvalue weighted by molar-refractivity contribution is 0.561. The first-order valence-electron chi connectivity index (χ1n) is 6.53. The van der Waals surface area contributed by atoms with Crippen molar-refractivity contribution < 1.29 is 12.8 Å². The molecule has 0 atom stereocenters. The third-order valence-corrected chi connectivity index (χ3v) is 4.79. The van der Waals surface area contributed by atoms with Crippen molar-refractivity contribution in [2.24, 2.45) is 0 Å². The molecule has 1 heterocycles. The van der Waals surface area contributed by atoms with Crippen LogP contribution in [0.2, 0.25) is 5.02 Å². The van der Waals surface area contributed by atoms with Crippen LogP contribution >= 0.6 is 11.6 Å². The Morgan fingerprint density at radius 1 is 1.19 bits per heavy atom. The predicted octanol–water partition coefficient (Wildman–Crippen LogP) is 2.52. The third kappa shape index (κ3) is 4.31. The number of sulfonamides is 1. The van der Waals surface area contributed by atoms with Gasteiger partial charge in [0.1, 0.15) is 4.90 Å². The topological polar surface area (TPSA) is 71.3 Å². The summed E-state index contributed by atoms with van der Waals surface area (Å²) in [5, 5.41) is 3.35. The van der Waals surface area contributed by atoms with Gasteiger partial charge in [-0.1, -0.05) is 24.6 Å². The van der Waals surface area contributed by atoms with Crippen LogP contribution in [0.25, 0.3) is 0 Å². The van der Waals surface area contributed by atoms with Crippen molar-refractivity contribution >= 4 is 21.6 Å². The van der Waals surface area contributed by atoms with Crippen LogP contribution in [0.15, 0.2) is 46.1 Å². The average molecular weight is 329 g/mol. The highest BCUT2D eigenvalue weighted by Gasteiger charge is 2.18. The highest BCUT2D eigenvalue weighted by molar-refractivity contribution is 7.89. The molecule has 0 amide bonds. The Hall–Kier alpha value is -1.34. The molecule has 0 aliphatic carbocycles. The zero-order valence-corrected chi connectivity index (χ0v) is 13.2. The van der Waals surface area contributed by atoms with Gasteiger partial charge in [0, 0.05) is 18.7 Å². The van der Waals surface area contributed by atoms with Gasteiger partial charge in [-0.2, -0.15) is 0 Å². The fraction of sp³-hybridized carbons (Fsp3) is 0.286. The number of hydrogen-bond donors (Lipinski definition) is 2. The van der Waals surface area contributed by atoms with Gasteiger partial charge >= 0.3 is 0 Å². The molecule has 1 aromatic carbocycles. The Balaban J connectivity index is 2.17. The quantitative estimate of drug-likeness (QED) is 0.819. The molecule has 0 aliphatic heterocycles. The van der Waals surface area contributed by atoms with Crippen LogP contribution in [0.3, 0.4) is 0 Å². The Bertz CT molecular complexity index is 684. The van der Waals surface area contributed by atoms with E-state index in [0.717, 1.165) is 17.7 Å². The molecular formula is C14H17ClN2O3S. The van der Waals surface area contributed by atoms with E-state index in [4.69, 9.17) is 16.0 Å². The SMILES string of the molecule is CCNCc1ccc(Cl)c(S(=O)(=O)NCc2ccoc2)c1. The highest BCUT2D eigenvalue weighted by Crippen LogP contribution is 2.23. The van der Waals surface area contributed by atoms with Gasteiger partial charge in [-0.05, 0) is 30.3 Å². The second kappa shape index (κ2) is 7.09. The van der Waals surface area contributed by atoms with E-state index in [9.17, 15) is 8.42 Å². The van der Waals surface area contributed by atoms with E-state index in [1.165, 1.54) is 12.5 Å². The lowest BCUT2D eigenvalue weighted by Crippen LogP contribution is -2.23. The van der Waals surface area contributed by atoms with Crippen LogP contribution < -0.4 is 10.0 Å². The van der Waals surface area contributed by atoms with Crippen molar-refractivity contribution in [2.45, 2.75) is 24.9 Å². The molecule has 0 saturated carbocycles. The molecule has 0 saturated heterocycles. The number of halogens is 1. The summed E-state index contributed by atoms with van der Waals surface area (Å²) in [6.45, 7) is 3.55. The number of nitrogens with one attached hydrogen (secondary N) is 2. The molecule has 2 N–H and O–H groups in total. The first kappa shape index (κ1) is 16.0. The molecule has 0 spiro atoms. The molecule has 0 bridgehead atoms. The summed E-state index contributed by atoms with van der Waals surface area (Å²) in [6, 6.07) is 6.69. The Morgan fingerprint density at radius 2 is 2.00 bits per heavy atom. The van der Waals surface area contributed by atoms with Crippen LogP contribution in [0.1, 0.15) is 18.1 Å². The molecule has 0 aliphatic rings. The van der Waals surface area contributed by atoms with Crippen molar-refractivity contribution in [3.63, 3.8) is 0 Å². The predicted molar refractivity (Wildman–Crippen MR) is 81.6 cm³/mol. The minimum Gasteiger partial charge on any atom is -0.472 e. The number of hydrogen-bond acceptors (Lipinski definition) is 4. The van der Waals surface area contributed by atoms with E-state index in [0.29, 0.717) is 6.54 Å². The smallest absolute Gasteiger partial charge is 0.242 e. The number of rotatable bonds is 7. The maximum atomic E-state index is 12.3. The lowest BCUT2D eigenvalue weighted by atomic mass is 10.2. The van der Waals surface area contributed by atoms with Crippen molar-refractivity contribution in [3.05, 3.63) is 52.9 Å². The summed E-state index contributed by atoms with van der Waals surface area (Å²) < 4.78 is 32.1. The van der Waals surface area contributed by atoms with Gasteiger partial charge in [0.05, 0.1) is 17.5 Å². The second-order valence-electron chi connectivity index (χ2n) is 4.50. The third-order valence-electron chi connectivity index (χ3n) is 2.91. The fourth-order valence-electron chi connectivity index (χ4n) is 1.78. The normalized spacial score (nSPS) is 11.7. The van der Waals surface area contributed by atoms with Crippen LogP contribution in [-0.4, -0.2) is 15.0 Å². The van der Waals surface area contributed by atoms with Crippen molar-refractivity contribution in [3.8, 4) is 0 Å². The van der Waals surface area contributed by atoms with Crippen LogP contribution in [0, 0.1) is 0 Å². The van der Waals surface area contributed by atoms with Gasteiger partial charge in [0.2, 0.25) is 10.0 Å². The zero-order valence-electron chi connectivity index (χ0n) is 11.6. The molecule has 0 fully saturated rings. The molecule has 0 unspecified atom stereocenters. The number of benzene rings is 1. The van der Waals surface area contributed by atoms with E-state index < -0.39 is 10.0 Å². The van der Waals surface area contributed by atoms with Gasteiger partial charge in [-0.25, -0.2) is 13.1 Å². The Labute approximate surface area is 129 Å². The minimum absolute atomic E-state index is 0.0862. The van der Waals surface area contributed by atoms with E-state index in [2.05, 4.69) is 10.0 Å². The molecule has 5 nitrogen and oxygen atoms in total. The lowest BCUT2D eigenvalue weighted by Gasteiger charge is -2.10. The maximum Gasteiger partial charge on any atom is 0.242 e. The summed E-state index contributed by atoms with van der Waals surface area (Å²) in [5.74, 6) is 0. The monoisotopic (exact) mass is 328 g/mol. The highest BCUT2D eigenvalue weighted by atomic mass is 35.5. The van der Waals surface area contributed by atoms with E-state index in [-0.39, 0.29) is 16.5 Å². The fourth-order valence-corrected chi connectivity index (χ4v) is 3.35.